The van der Waals surface area contributed by atoms with Gasteiger partial charge in [0.05, 0.1) is 12.4 Å². The molecule has 2 rings (SSSR count). The van der Waals surface area contributed by atoms with Crippen LogP contribution in [0.1, 0.15) is 75.7 Å². The molecule has 0 aliphatic heterocycles. The van der Waals surface area contributed by atoms with E-state index in [2.05, 4.69) is 31.3 Å². The molecule has 1 atom stereocenters. The minimum atomic E-state index is 0.217. The summed E-state index contributed by atoms with van der Waals surface area (Å²) >= 11 is 0. The quantitative estimate of drug-likeness (QED) is 0.480. The number of hydrogen-bond donors (Lipinski definition) is 1. The van der Waals surface area contributed by atoms with Crippen LogP contribution in [0.3, 0.4) is 0 Å². The van der Waals surface area contributed by atoms with Gasteiger partial charge in [0.1, 0.15) is 0 Å². The number of nitrogens with one attached hydrogen (secondary N) is 1. The van der Waals surface area contributed by atoms with E-state index in [0.717, 1.165) is 36.3 Å². The lowest BCUT2D eigenvalue weighted by atomic mass is 9.89. The largest absolute Gasteiger partial charge is 0.498 e. The van der Waals surface area contributed by atoms with E-state index in [0.29, 0.717) is 6.42 Å². The first kappa shape index (κ1) is 18.6. The molecule has 1 saturated carbocycles. The first-order valence-electron chi connectivity index (χ1n) is 9.35. The SMILES string of the molecule is CCOC(CC(C)Nc1ccc(CC)c(C(=O)CC)c1)=C1CCC1. The van der Waals surface area contributed by atoms with Gasteiger partial charge in [-0.15, -0.1) is 0 Å². The number of rotatable bonds is 9. The van der Waals surface area contributed by atoms with E-state index in [9.17, 15) is 4.79 Å². The highest BCUT2D eigenvalue weighted by Gasteiger charge is 2.18. The number of carbonyl (C=O) groups excluding carboxylic acids is 1. The molecule has 3 heteroatoms. The molecule has 1 N–H and O–H groups in total. The normalized spacial score (nSPS) is 14.8. The molecular weight excluding hydrogens is 298 g/mol. The fourth-order valence-electron chi connectivity index (χ4n) is 3.15. The zero-order chi connectivity index (χ0) is 17.5. The van der Waals surface area contributed by atoms with Crippen LogP contribution in [0.25, 0.3) is 0 Å². The van der Waals surface area contributed by atoms with Crippen LogP contribution in [0.5, 0.6) is 0 Å². The van der Waals surface area contributed by atoms with Crippen molar-refractivity contribution < 1.29 is 9.53 Å². The molecule has 0 aromatic heterocycles. The number of ether oxygens (including phenoxy) is 1. The Bertz CT molecular complexity index is 598. The molecule has 0 saturated heterocycles. The van der Waals surface area contributed by atoms with Crippen molar-refractivity contribution in [2.45, 2.75) is 72.3 Å². The van der Waals surface area contributed by atoms with Crippen molar-refractivity contribution in [3.8, 4) is 0 Å². The molecule has 3 nitrogen and oxygen atoms in total. The Balaban J connectivity index is 2.08. The molecule has 0 amide bonds. The summed E-state index contributed by atoms with van der Waals surface area (Å²) in [7, 11) is 0. The van der Waals surface area contributed by atoms with Crippen molar-refractivity contribution in [2.24, 2.45) is 0 Å². The van der Waals surface area contributed by atoms with Crippen molar-refractivity contribution >= 4 is 11.5 Å². The van der Waals surface area contributed by atoms with Gasteiger partial charge in [-0.3, -0.25) is 4.79 Å². The molecular formula is C21H31NO2. The average molecular weight is 329 g/mol. The van der Waals surface area contributed by atoms with Gasteiger partial charge in [-0.25, -0.2) is 0 Å². The van der Waals surface area contributed by atoms with Crippen LogP contribution in [-0.2, 0) is 11.2 Å². The van der Waals surface area contributed by atoms with E-state index in [-0.39, 0.29) is 11.8 Å². The van der Waals surface area contributed by atoms with E-state index >= 15 is 0 Å². The van der Waals surface area contributed by atoms with Gasteiger partial charge in [0.15, 0.2) is 5.78 Å². The number of carbonyl (C=O) groups is 1. The number of aryl methyl sites for hydroxylation is 1. The third-order valence-corrected chi connectivity index (χ3v) is 4.69. The van der Waals surface area contributed by atoms with E-state index in [1.807, 2.05) is 19.9 Å². The van der Waals surface area contributed by atoms with Gasteiger partial charge in [0, 0.05) is 30.1 Å². The maximum atomic E-state index is 12.2. The third kappa shape index (κ3) is 4.62. The van der Waals surface area contributed by atoms with Gasteiger partial charge in [-0.1, -0.05) is 19.9 Å². The van der Waals surface area contributed by atoms with E-state index in [1.165, 1.54) is 30.6 Å². The molecule has 132 valence electrons. The molecule has 0 spiro atoms. The molecule has 0 radical (unpaired) electrons. The fourth-order valence-corrected chi connectivity index (χ4v) is 3.15. The van der Waals surface area contributed by atoms with Crippen molar-refractivity contribution in [1.29, 1.82) is 0 Å². The number of allylic oxidation sites excluding steroid dienone is 1. The van der Waals surface area contributed by atoms with Gasteiger partial charge in [-0.05, 0) is 62.8 Å². The van der Waals surface area contributed by atoms with Crippen LogP contribution in [0.2, 0.25) is 0 Å². The summed E-state index contributed by atoms with van der Waals surface area (Å²) in [5.74, 6) is 1.38. The van der Waals surface area contributed by atoms with E-state index < -0.39 is 0 Å². The Labute approximate surface area is 146 Å². The lowest BCUT2D eigenvalue weighted by Crippen LogP contribution is -2.19. The highest BCUT2D eigenvalue weighted by atomic mass is 16.5. The predicted octanol–water partition coefficient (Wildman–Crippen LogP) is 5.51. The van der Waals surface area contributed by atoms with Crippen LogP contribution in [0.4, 0.5) is 5.69 Å². The summed E-state index contributed by atoms with van der Waals surface area (Å²) in [5, 5.41) is 3.54. The standard InChI is InChI=1S/C21H31NO2/c1-5-16-11-12-18(14-19(16)20(23)6-2)22-15(4)13-21(24-7-3)17-9-8-10-17/h11-12,14-15,22H,5-10,13H2,1-4H3. The predicted molar refractivity (Wildman–Crippen MR) is 101 cm³/mol. The second-order valence-electron chi connectivity index (χ2n) is 6.57. The Morgan fingerprint density at radius 3 is 2.54 bits per heavy atom. The number of benzene rings is 1. The summed E-state index contributed by atoms with van der Waals surface area (Å²) in [6.45, 7) is 8.96. The second-order valence-corrected chi connectivity index (χ2v) is 6.57. The lowest BCUT2D eigenvalue weighted by Gasteiger charge is -2.25. The molecule has 1 aromatic carbocycles. The van der Waals surface area contributed by atoms with Gasteiger partial charge >= 0.3 is 0 Å². The molecule has 0 heterocycles. The first-order valence-corrected chi connectivity index (χ1v) is 9.35. The summed E-state index contributed by atoms with van der Waals surface area (Å²) in [5.41, 5.74) is 4.49. The first-order chi connectivity index (χ1) is 11.6. The lowest BCUT2D eigenvalue weighted by molar-refractivity contribution is 0.0987. The second kappa shape index (κ2) is 8.91. The number of hydrogen-bond acceptors (Lipinski definition) is 3. The summed E-state index contributed by atoms with van der Waals surface area (Å²) in [6.07, 6.45) is 5.99. The zero-order valence-electron chi connectivity index (χ0n) is 15.6. The van der Waals surface area contributed by atoms with Gasteiger partial charge in [-0.2, -0.15) is 0 Å². The van der Waals surface area contributed by atoms with Crippen molar-refractivity contribution in [3.05, 3.63) is 40.7 Å². The fraction of sp³-hybridized carbons (Fsp3) is 0.571. The van der Waals surface area contributed by atoms with Gasteiger partial charge in [0.2, 0.25) is 0 Å². The topological polar surface area (TPSA) is 38.3 Å². The summed E-state index contributed by atoms with van der Waals surface area (Å²) < 4.78 is 5.86. The maximum absolute atomic E-state index is 12.2. The monoisotopic (exact) mass is 329 g/mol. The van der Waals surface area contributed by atoms with Crippen molar-refractivity contribution in [3.63, 3.8) is 0 Å². The number of Topliss-reactive ketones (excluding diaryl/α,β-unsaturated/α-hetero) is 1. The van der Waals surface area contributed by atoms with Crippen LogP contribution in [0, 0.1) is 0 Å². The van der Waals surface area contributed by atoms with Gasteiger partial charge < -0.3 is 10.1 Å². The zero-order valence-corrected chi connectivity index (χ0v) is 15.6. The minimum absolute atomic E-state index is 0.217. The van der Waals surface area contributed by atoms with Gasteiger partial charge in [0.25, 0.3) is 0 Å². The minimum Gasteiger partial charge on any atom is -0.498 e. The molecule has 1 aliphatic carbocycles. The molecule has 1 unspecified atom stereocenters. The summed E-state index contributed by atoms with van der Waals surface area (Å²) in [6, 6.07) is 6.44. The van der Waals surface area contributed by atoms with Crippen molar-refractivity contribution in [1.82, 2.24) is 0 Å². The number of ketones is 1. The smallest absolute Gasteiger partial charge is 0.162 e. The van der Waals surface area contributed by atoms with Crippen LogP contribution >= 0.6 is 0 Å². The van der Waals surface area contributed by atoms with Crippen molar-refractivity contribution in [2.75, 3.05) is 11.9 Å². The summed E-state index contributed by atoms with van der Waals surface area (Å²) in [4.78, 5) is 12.2. The molecule has 1 aliphatic rings. The maximum Gasteiger partial charge on any atom is 0.162 e. The number of anilines is 1. The molecule has 1 aromatic rings. The van der Waals surface area contributed by atoms with Crippen LogP contribution in [-0.4, -0.2) is 18.4 Å². The Kier molecular flexibility index (Phi) is 6.89. The molecule has 1 fully saturated rings. The van der Waals surface area contributed by atoms with Crippen LogP contribution in [0.15, 0.2) is 29.5 Å². The van der Waals surface area contributed by atoms with Crippen LogP contribution < -0.4 is 5.32 Å². The average Bonchev–Trinajstić information content (AvgIpc) is 2.52. The van der Waals surface area contributed by atoms with E-state index in [1.54, 1.807) is 0 Å². The highest BCUT2D eigenvalue weighted by molar-refractivity contribution is 5.98. The Morgan fingerprint density at radius 2 is 2.00 bits per heavy atom. The Hall–Kier alpha value is -1.77. The highest BCUT2D eigenvalue weighted by Crippen LogP contribution is 2.31. The third-order valence-electron chi connectivity index (χ3n) is 4.69. The Morgan fingerprint density at radius 1 is 1.25 bits per heavy atom. The van der Waals surface area contributed by atoms with E-state index in [4.69, 9.17) is 4.74 Å². The molecule has 0 bridgehead atoms. The molecule has 24 heavy (non-hydrogen) atoms.